The molecule has 1 saturated heterocycles. The van der Waals surface area contributed by atoms with Crippen LogP contribution >= 0.6 is 0 Å². The fourth-order valence-corrected chi connectivity index (χ4v) is 2.48. The van der Waals surface area contributed by atoms with E-state index in [2.05, 4.69) is 10.6 Å². The van der Waals surface area contributed by atoms with Gasteiger partial charge < -0.3 is 20.1 Å². The van der Waals surface area contributed by atoms with Crippen molar-refractivity contribution in [3.63, 3.8) is 0 Å². The Balaban J connectivity index is 1.70. The Morgan fingerprint density at radius 2 is 2.05 bits per heavy atom. The van der Waals surface area contributed by atoms with Crippen LogP contribution in [-0.2, 0) is 14.3 Å². The number of amides is 1. The average Bonchev–Trinajstić information content (AvgIpc) is 2.54. The van der Waals surface area contributed by atoms with Crippen LogP contribution in [0.3, 0.4) is 0 Å². The summed E-state index contributed by atoms with van der Waals surface area (Å²) in [6, 6.07) is 9.49. The molecule has 1 aromatic carbocycles. The van der Waals surface area contributed by atoms with Crippen LogP contribution in [-0.4, -0.2) is 45.4 Å². The van der Waals surface area contributed by atoms with Gasteiger partial charge >= 0.3 is 0 Å². The van der Waals surface area contributed by atoms with Gasteiger partial charge in [-0.3, -0.25) is 4.79 Å². The number of nitrogens with one attached hydrogen (secondary N) is 2. The molecule has 0 spiro atoms. The van der Waals surface area contributed by atoms with Gasteiger partial charge in [-0.1, -0.05) is 30.3 Å². The molecule has 1 amide bonds. The SMILES string of the molecule is COC(C(=O)NCCOC1CCNCC1)c1ccccc1. The molecule has 21 heavy (non-hydrogen) atoms. The molecule has 1 aliphatic heterocycles. The highest BCUT2D eigenvalue weighted by atomic mass is 16.5. The van der Waals surface area contributed by atoms with Crippen LogP contribution in [0.4, 0.5) is 0 Å². The van der Waals surface area contributed by atoms with E-state index in [1.807, 2.05) is 30.3 Å². The van der Waals surface area contributed by atoms with Gasteiger partial charge in [-0.2, -0.15) is 0 Å². The summed E-state index contributed by atoms with van der Waals surface area (Å²) < 4.78 is 11.0. The number of piperidine rings is 1. The minimum atomic E-state index is -0.565. The maximum Gasteiger partial charge on any atom is 0.253 e. The summed E-state index contributed by atoms with van der Waals surface area (Å²) in [7, 11) is 1.54. The maximum atomic E-state index is 12.1. The van der Waals surface area contributed by atoms with Crippen LogP contribution in [0.15, 0.2) is 30.3 Å². The van der Waals surface area contributed by atoms with Crippen molar-refractivity contribution in [1.29, 1.82) is 0 Å². The predicted octanol–water partition coefficient (Wildman–Crippen LogP) is 1.26. The predicted molar refractivity (Wildman–Crippen MR) is 81.0 cm³/mol. The van der Waals surface area contributed by atoms with Gasteiger partial charge in [0, 0.05) is 13.7 Å². The highest BCUT2D eigenvalue weighted by Crippen LogP contribution is 2.15. The van der Waals surface area contributed by atoms with E-state index in [1.54, 1.807) is 7.11 Å². The Labute approximate surface area is 126 Å². The molecule has 2 rings (SSSR count). The molecule has 5 heteroatoms. The second-order valence-electron chi connectivity index (χ2n) is 5.14. The third-order valence-corrected chi connectivity index (χ3v) is 3.62. The Hall–Kier alpha value is -1.43. The molecule has 116 valence electrons. The minimum absolute atomic E-state index is 0.127. The first-order chi connectivity index (χ1) is 10.3. The molecule has 1 unspecified atom stereocenters. The lowest BCUT2D eigenvalue weighted by Gasteiger charge is -2.23. The van der Waals surface area contributed by atoms with Crippen LogP contribution < -0.4 is 10.6 Å². The highest BCUT2D eigenvalue weighted by molar-refractivity contribution is 5.82. The lowest BCUT2D eigenvalue weighted by atomic mass is 10.1. The number of carbonyl (C=O) groups is 1. The van der Waals surface area contributed by atoms with Gasteiger partial charge in [0.1, 0.15) is 0 Å². The average molecular weight is 292 g/mol. The summed E-state index contributed by atoms with van der Waals surface area (Å²) in [5.41, 5.74) is 0.858. The van der Waals surface area contributed by atoms with Gasteiger partial charge in [0.05, 0.1) is 12.7 Å². The number of carbonyl (C=O) groups excluding carboxylic acids is 1. The fraction of sp³-hybridized carbons (Fsp3) is 0.562. The monoisotopic (exact) mass is 292 g/mol. The Bertz CT molecular complexity index is 419. The molecule has 1 atom stereocenters. The second-order valence-corrected chi connectivity index (χ2v) is 5.14. The van der Waals surface area contributed by atoms with Crippen LogP contribution in [0.1, 0.15) is 24.5 Å². The third kappa shape index (κ3) is 5.12. The van der Waals surface area contributed by atoms with Crippen molar-refractivity contribution in [1.82, 2.24) is 10.6 Å². The Kier molecular flexibility index (Phi) is 6.66. The van der Waals surface area contributed by atoms with Gasteiger partial charge in [-0.05, 0) is 31.5 Å². The van der Waals surface area contributed by atoms with Crippen LogP contribution in [0, 0.1) is 0 Å². The van der Waals surface area contributed by atoms with Gasteiger partial charge in [0.2, 0.25) is 0 Å². The van der Waals surface area contributed by atoms with Gasteiger partial charge in [-0.25, -0.2) is 0 Å². The van der Waals surface area contributed by atoms with Crippen LogP contribution in [0.5, 0.6) is 0 Å². The Morgan fingerprint density at radius 3 is 2.71 bits per heavy atom. The largest absolute Gasteiger partial charge is 0.376 e. The lowest BCUT2D eigenvalue weighted by molar-refractivity contribution is -0.131. The topological polar surface area (TPSA) is 59.6 Å². The van der Waals surface area contributed by atoms with E-state index in [-0.39, 0.29) is 5.91 Å². The number of rotatable bonds is 7. The summed E-state index contributed by atoms with van der Waals surface area (Å²) >= 11 is 0. The van der Waals surface area contributed by atoms with E-state index in [0.717, 1.165) is 31.5 Å². The van der Waals surface area contributed by atoms with Crippen molar-refractivity contribution in [2.45, 2.75) is 25.0 Å². The third-order valence-electron chi connectivity index (χ3n) is 3.62. The Morgan fingerprint density at radius 1 is 1.33 bits per heavy atom. The molecule has 0 aliphatic carbocycles. The first-order valence-corrected chi connectivity index (χ1v) is 7.49. The molecule has 1 aliphatic rings. The summed E-state index contributed by atoms with van der Waals surface area (Å²) in [5, 5.41) is 6.16. The van der Waals surface area contributed by atoms with E-state index in [9.17, 15) is 4.79 Å². The molecule has 1 aromatic rings. The first kappa shape index (κ1) is 15.9. The summed E-state index contributed by atoms with van der Waals surface area (Å²) in [5.74, 6) is -0.127. The maximum absolute atomic E-state index is 12.1. The van der Waals surface area contributed by atoms with Gasteiger partial charge in [0.25, 0.3) is 5.91 Å². The zero-order valence-corrected chi connectivity index (χ0v) is 12.5. The van der Waals surface area contributed by atoms with E-state index < -0.39 is 6.10 Å². The summed E-state index contributed by atoms with van der Waals surface area (Å²) in [6.07, 6.45) is 1.83. The molecular weight excluding hydrogens is 268 g/mol. The van der Waals surface area contributed by atoms with Crippen molar-refractivity contribution >= 4 is 5.91 Å². The minimum Gasteiger partial charge on any atom is -0.376 e. The molecule has 0 radical (unpaired) electrons. The molecule has 1 heterocycles. The van der Waals surface area contributed by atoms with Crippen molar-refractivity contribution in [3.05, 3.63) is 35.9 Å². The van der Waals surface area contributed by atoms with Crippen molar-refractivity contribution in [2.24, 2.45) is 0 Å². The molecule has 1 fully saturated rings. The molecule has 2 N–H and O–H groups in total. The number of hydrogen-bond donors (Lipinski definition) is 2. The number of benzene rings is 1. The van der Waals surface area contributed by atoms with Gasteiger partial charge in [0.15, 0.2) is 6.10 Å². The van der Waals surface area contributed by atoms with Crippen molar-refractivity contribution < 1.29 is 14.3 Å². The second kappa shape index (κ2) is 8.77. The normalized spacial score (nSPS) is 17.4. The summed E-state index contributed by atoms with van der Waals surface area (Å²) in [6.45, 7) is 3.07. The first-order valence-electron chi connectivity index (χ1n) is 7.49. The highest BCUT2D eigenvalue weighted by Gasteiger charge is 2.19. The fourth-order valence-electron chi connectivity index (χ4n) is 2.48. The van der Waals surface area contributed by atoms with Crippen LogP contribution in [0.25, 0.3) is 0 Å². The molecule has 0 aromatic heterocycles. The van der Waals surface area contributed by atoms with Crippen molar-refractivity contribution in [2.75, 3.05) is 33.4 Å². The van der Waals surface area contributed by atoms with E-state index >= 15 is 0 Å². The van der Waals surface area contributed by atoms with E-state index in [1.165, 1.54) is 0 Å². The lowest BCUT2D eigenvalue weighted by Crippen LogP contribution is -2.36. The van der Waals surface area contributed by atoms with Crippen LogP contribution in [0.2, 0.25) is 0 Å². The van der Waals surface area contributed by atoms with Gasteiger partial charge in [-0.15, -0.1) is 0 Å². The smallest absolute Gasteiger partial charge is 0.253 e. The summed E-state index contributed by atoms with van der Waals surface area (Å²) in [4.78, 5) is 12.1. The zero-order chi connectivity index (χ0) is 14.9. The molecular formula is C16H24N2O3. The quantitative estimate of drug-likeness (QED) is 0.743. The van der Waals surface area contributed by atoms with E-state index in [4.69, 9.17) is 9.47 Å². The van der Waals surface area contributed by atoms with Crippen molar-refractivity contribution in [3.8, 4) is 0 Å². The molecule has 0 saturated carbocycles. The zero-order valence-electron chi connectivity index (χ0n) is 12.5. The number of ether oxygens (including phenoxy) is 2. The van der Waals surface area contributed by atoms with E-state index in [0.29, 0.717) is 19.3 Å². The number of hydrogen-bond acceptors (Lipinski definition) is 4. The number of methoxy groups -OCH3 is 1. The molecule has 5 nitrogen and oxygen atoms in total. The molecule has 0 bridgehead atoms. The standard InChI is InChI=1S/C16H24N2O3/c1-20-15(13-5-3-2-4-6-13)16(19)18-11-12-21-14-7-9-17-10-8-14/h2-6,14-15,17H,7-12H2,1H3,(H,18,19).